The van der Waals surface area contributed by atoms with Crippen LogP contribution in [0, 0.1) is 17.6 Å². The molecule has 0 bridgehead atoms. The van der Waals surface area contributed by atoms with E-state index in [0.717, 1.165) is 25.5 Å². The van der Waals surface area contributed by atoms with Crippen molar-refractivity contribution in [3.05, 3.63) is 29.8 Å². The van der Waals surface area contributed by atoms with Gasteiger partial charge in [-0.05, 0) is 18.1 Å². The van der Waals surface area contributed by atoms with Gasteiger partial charge in [-0.15, -0.1) is 0 Å². The zero-order valence-electron chi connectivity index (χ0n) is 9.19. The Morgan fingerprint density at radius 2 is 1.60 bits per heavy atom. The summed E-state index contributed by atoms with van der Waals surface area (Å²) in [6.07, 6.45) is 2.14. The minimum Gasteiger partial charge on any atom is -0.385 e. The average Bonchev–Trinajstić information content (AvgIpc) is 2.18. The second-order valence-electron chi connectivity index (χ2n) is 3.72. The highest BCUT2D eigenvalue weighted by Gasteiger charge is 2.04. The number of hydrogen-bond donors (Lipinski definition) is 1. The van der Waals surface area contributed by atoms with Crippen molar-refractivity contribution in [1.29, 1.82) is 0 Å². The first-order chi connectivity index (χ1) is 7.15. The van der Waals surface area contributed by atoms with Gasteiger partial charge >= 0.3 is 0 Å². The van der Waals surface area contributed by atoms with Crippen molar-refractivity contribution in [2.75, 3.05) is 11.9 Å². The van der Waals surface area contributed by atoms with E-state index in [0.29, 0.717) is 11.6 Å². The Labute approximate surface area is 89.5 Å². The minimum atomic E-state index is -0.540. The molecule has 0 saturated carbocycles. The van der Waals surface area contributed by atoms with Gasteiger partial charge in [-0.25, -0.2) is 8.78 Å². The molecule has 1 aromatic carbocycles. The molecule has 0 aromatic heterocycles. The van der Waals surface area contributed by atoms with Gasteiger partial charge in [-0.3, -0.25) is 0 Å². The van der Waals surface area contributed by atoms with E-state index >= 15 is 0 Å². The van der Waals surface area contributed by atoms with Crippen LogP contribution < -0.4 is 5.32 Å². The van der Waals surface area contributed by atoms with Crippen LogP contribution in [0.3, 0.4) is 0 Å². The largest absolute Gasteiger partial charge is 0.385 e. The highest BCUT2D eigenvalue weighted by Crippen LogP contribution is 2.15. The van der Waals surface area contributed by atoms with Crippen LogP contribution in [0.5, 0.6) is 0 Å². The molecule has 0 aliphatic rings. The number of halogens is 2. The fraction of sp³-hybridized carbons (Fsp3) is 0.500. The summed E-state index contributed by atoms with van der Waals surface area (Å²) in [6, 6.07) is 3.50. The minimum absolute atomic E-state index is 0.513. The summed E-state index contributed by atoms with van der Waals surface area (Å²) in [6.45, 7) is 4.99. The van der Waals surface area contributed by atoms with E-state index in [-0.39, 0.29) is 0 Å². The summed E-state index contributed by atoms with van der Waals surface area (Å²) in [7, 11) is 0. The van der Waals surface area contributed by atoms with Crippen LogP contribution in [0.25, 0.3) is 0 Å². The normalized spacial score (nSPS) is 10.7. The summed E-state index contributed by atoms with van der Waals surface area (Å²) in [4.78, 5) is 0. The number of hydrogen-bond acceptors (Lipinski definition) is 1. The summed E-state index contributed by atoms with van der Waals surface area (Å²) in [5.74, 6) is -0.527. The topological polar surface area (TPSA) is 12.0 Å². The van der Waals surface area contributed by atoms with Crippen LogP contribution in [-0.4, -0.2) is 6.54 Å². The highest BCUT2D eigenvalue weighted by molar-refractivity contribution is 5.43. The van der Waals surface area contributed by atoms with Gasteiger partial charge in [-0.2, -0.15) is 0 Å². The molecule has 1 nitrogen and oxygen atoms in total. The van der Waals surface area contributed by atoms with Crippen LogP contribution >= 0.6 is 0 Å². The molecular weight excluding hydrogens is 196 g/mol. The lowest BCUT2D eigenvalue weighted by molar-refractivity contribution is 0.518. The van der Waals surface area contributed by atoms with Gasteiger partial charge < -0.3 is 5.32 Å². The molecule has 0 amide bonds. The second kappa shape index (κ2) is 5.69. The Kier molecular flexibility index (Phi) is 4.53. The smallest absolute Gasteiger partial charge is 0.128 e. The zero-order chi connectivity index (χ0) is 11.3. The van der Waals surface area contributed by atoms with Crippen LogP contribution in [0.4, 0.5) is 14.5 Å². The lowest BCUT2D eigenvalue weighted by Gasteiger charge is -2.14. The van der Waals surface area contributed by atoms with Crippen molar-refractivity contribution in [3.8, 4) is 0 Å². The van der Waals surface area contributed by atoms with Gasteiger partial charge in [-0.1, -0.05) is 26.7 Å². The third-order valence-electron chi connectivity index (χ3n) is 2.61. The first kappa shape index (κ1) is 12.0. The molecule has 0 unspecified atom stereocenters. The molecule has 1 aromatic rings. The van der Waals surface area contributed by atoms with Crippen molar-refractivity contribution in [2.24, 2.45) is 5.92 Å². The van der Waals surface area contributed by atoms with E-state index in [1.165, 1.54) is 12.1 Å². The summed E-state index contributed by atoms with van der Waals surface area (Å²) >= 11 is 0. The van der Waals surface area contributed by atoms with Crippen molar-refractivity contribution in [3.63, 3.8) is 0 Å². The lowest BCUT2D eigenvalue weighted by Crippen LogP contribution is -2.12. The summed E-state index contributed by atoms with van der Waals surface area (Å²) in [5, 5.41) is 3.05. The first-order valence-electron chi connectivity index (χ1n) is 5.35. The van der Waals surface area contributed by atoms with E-state index in [2.05, 4.69) is 19.2 Å². The van der Waals surface area contributed by atoms with Crippen LogP contribution in [0.15, 0.2) is 18.2 Å². The van der Waals surface area contributed by atoms with Gasteiger partial charge in [0, 0.05) is 18.3 Å². The Bertz CT molecular complexity index is 288. The molecular formula is C12H17F2N. The van der Waals surface area contributed by atoms with Crippen LogP contribution in [-0.2, 0) is 0 Å². The predicted octanol–water partition coefficient (Wildman–Crippen LogP) is 3.81. The van der Waals surface area contributed by atoms with E-state index in [9.17, 15) is 8.78 Å². The number of rotatable bonds is 5. The van der Waals surface area contributed by atoms with Crippen molar-refractivity contribution in [2.45, 2.75) is 26.7 Å². The summed E-state index contributed by atoms with van der Waals surface area (Å²) < 4.78 is 25.7. The van der Waals surface area contributed by atoms with Gasteiger partial charge in [0.15, 0.2) is 0 Å². The van der Waals surface area contributed by atoms with Crippen LogP contribution in [0.2, 0.25) is 0 Å². The molecule has 0 fully saturated rings. The standard InChI is InChI=1S/C12H17F2N/c1-3-9(4-2)8-15-12-6-10(13)5-11(14)7-12/h5-7,9,15H,3-4,8H2,1-2H3. The first-order valence-corrected chi connectivity index (χ1v) is 5.35. The van der Waals surface area contributed by atoms with Gasteiger partial charge in [0.1, 0.15) is 11.6 Å². The zero-order valence-corrected chi connectivity index (χ0v) is 9.19. The SMILES string of the molecule is CCC(CC)CNc1cc(F)cc(F)c1. The second-order valence-corrected chi connectivity index (χ2v) is 3.72. The van der Waals surface area contributed by atoms with E-state index in [1.54, 1.807) is 0 Å². The highest BCUT2D eigenvalue weighted by atomic mass is 19.1. The Hall–Kier alpha value is -1.12. The molecule has 3 heteroatoms. The Balaban J connectivity index is 2.57. The molecule has 1 rings (SSSR count). The molecule has 0 atom stereocenters. The molecule has 1 N–H and O–H groups in total. The van der Waals surface area contributed by atoms with Crippen LogP contribution in [0.1, 0.15) is 26.7 Å². The average molecular weight is 213 g/mol. The molecule has 15 heavy (non-hydrogen) atoms. The van der Waals surface area contributed by atoms with Crippen molar-refractivity contribution >= 4 is 5.69 Å². The fourth-order valence-electron chi connectivity index (χ4n) is 1.50. The molecule has 84 valence electrons. The lowest BCUT2D eigenvalue weighted by atomic mass is 10.0. The molecule has 0 saturated heterocycles. The van der Waals surface area contributed by atoms with Crippen molar-refractivity contribution in [1.82, 2.24) is 0 Å². The maximum absolute atomic E-state index is 12.8. The summed E-state index contributed by atoms with van der Waals surface area (Å²) in [5.41, 5.74) is 0.513. The Morgan fingerprint density at radius 1 is 1.07 bits per heavy atom. The van der Waals surface area contributed by atoms with Crippen molar-refractivity contribution < 1.29 is 8.78 Å². The monoisotopic (exact) mass is 213 g/mol. The molecule has 0 radical (unpaired) electrons. The van der Waals surface area contributed by atoms with E-state index < -0.39 is 11.6 Å². The predicted molar refractivity (Wildman–Crippen MR) is 58.9 cm³/mol. The van der Waals surface area contributed by atoms with E-state index in [4.69, 9.17) is 0 Å². The van der Waals surface area contributed by atoms with Gasteiger partial charge in [0.25, 0.3) is 0 Å². The molecule has 0 spiro atoms. The number of benzene rings is 1. The Morgan fingerprint density at radius 3 is 2.07 bits per heavy atom. The number of nitrogens with one attached hydrogen (secondary N) is 1. The maximum atomic E-state index is 12.8. The van der Waals surface area contributed by atoms with Gasteiger partial charge in [0.05, 0.1) is 0 Å². The quantitative estimate of drug-likeness (QED) is 0.784. The molecule has 0 aliphatic carbocycles. The third kappa shape index (κ3) is 3.86. The number of anilines is 1. The fourth-order valence-corrected chi connectivity index (χ4v) is 1.50. The molecule has 0 aliphatic heterocycles. The molecule has 0 heterocycles. The third-order valence-corrected chi connectivity index (χ3v) is 2.61. The van der Waals surface area contributed by atoms with Gasteiger partial charge in [0.2, 0.25) is 0 Å². The van der Waals surface area contributed by atoms with E-state index in [1.807, 2.05) is 0 Å². The maximum Gasteiger partial charge on any atom is 0.128 e.